The molecule has 6 heteroatoms. The number of carbonyl (C=O) groups excluding carboxylic acids is 1. The molecule has 0 saturated carbocycles. The number of aryl methyl sites for hydroxylation is 1. The Morgan fingerprint density at radius 1 is 1.45 bits per heavy atom. The van der Waals surface area contributed by atoms with Crippen molar-refractivity contribution in [2.75, 3.05) is 13.1 Å². The predicted molar refractivity (Wildman–Crippen MR) is 83.1 cm³/mol. The summed E-state index contributed by atoms with van der Waals surface area (Å²) in [5.41, 5.74) is 2.13. The molecule has 0 aromatic carbocycles. The van der Waals surface area contributed by atoms with Crippen LogP contribution in [0.2, 0.25) is 0 Å². The number of aromatic nitrogens is 3. The number of rotatable bonds is 4. The molecule has 22 heavy (non-hydrogen) atoms. The molecule has 1 amide bonds. The van der Waals surface area contributed by atoms with Crippen molar-refractivity contribution >= 4 is 5.91 Å². The van der Waals surface area contributed by atoms with Crippen LogP contribution in [-0.2, 0) is 11.8 Å². The molecule has 0 aliphatic carbocycles. The van der Waals surface area contributed by atoms with Crippen molar-refractivity contribution in [3.63, 3.8) is 0 Å². The van der Waals surface area contributed by atoms with Gasteiger partial charge in [-0.3, -0.25) is 14.5 Å². The number of nitrogens with one attached hydrogen (secondary N) is 2. The van der Waals surface area contributed by atoms with E-state index in [0.717, 1.165) is 17.7 Å². The first-order valence-corrected chi connectivity index (χ1v) is 7.54. The molecule has 0 unspecified atom stereocenters. The van der Waals surface area contributed by atoms with Gasteiger partial charge in [0, 0.05) is 44.6 Å². The van der Waals surface area contributed by atoms with E-state index in [1.807, 2.05) is 38.5 Å². The molecule has 116 valence electrons. The average molecular weight is 299 g/mol. The Hall–Kier alpha value is -2.21. The highest BCUT2D eigenvalue weighted by molar-refractivity contribution is 5.80. The summed E-state index contributed by atoms with van der Waals surface area (Å²) in [5.74, 6) is 0.188. The molecule has 1 aliphatic rings. The summed E-state index contributed by atoms with van der Waals surface area (Å²) in [7, 11) is 1.89. The molecule has 0 radical (unpaired) electrons. The Morgan fingerprint density at radius 2 is 2.32 bits per heavy atom. The third-order valence-electron chi connectivity index (χ3n) is 4.25. The van der Waals surface area contributed by atoms with E-state index in [2.05, 4.69) is 20.7 Å². The fraction of sp³-hybridized carbons (Fsp3) is 0.438. The number of nitrogens with zero attached hydrogens (tertiary/aromatic N) is 3. The van der Waals surface area contributed by atoms with Gasteiger partial charge in [-0.2, -0.15) is 5.10 Å². The zero-order valence-electron chi connectivity index (χ0n) is 12.9. The maximum absolute atomic E-state index is 12.6. The molecule has 2 aromatic rings. The van der Waals surface area contributed by atoms with Crippen LogP contribution in [0, 0.1) is 5.92 Å². The third kappa shape index (κ3) is 3.01. The van der Waals surface area contributed by atoms with Gasteiger partial charge in [-0.25, -0.2) is 0 Å². The van der Waals surface area contributed by atoms with Crippen LogP contribution in [0.25, 0.3) is 0 Å². The van der Waals surface area contributed by atoms with Crippen molar-refractivity contribution in [2.45, 2.75) is 18.9 Å². The van der Waals surface area contributed by atoms with Gasteiger partial charge in [0.15, 0.2) is 0 Å². The van der Waals surface area contributed by atoms with Gasteiger partial charge in [0.25, 0.3) is 0 Å². The number of hydrogen-bond acceptors (Lipinski definition) is 4. The maximum Gasteiger partial charge on any atom is 0.225 e. The molecule has 0 bridgehead atoms. The molecule has 1 aliphatic heterocycles. The maximum atomic E-state index is 12.6. The highest BCUT2D eigenvalue weighted by Gasteiger charge is 2.35. The van der Waals surface area contributed by atoms with Gasteiger partial charge in [-0.15, -0.1) is 0 Å². The van der Waals surface area contributed by atoms with Crippen LogP contribution in [0.1, 0.15) is 30.0 Å². The Morgan fingerprint density at radius 3 is 3.00 bits per heavy atom. The first-order chi connectivity index (χ1) is 10.6. The van der Waals surface area contributed by atoms with Gasteiger partial charge in [-0.05, 0) is 24.1 Å². The lowest BCUT2D eigenvalue weighted by atomic mass is 9.90. The summed E-state index contributed by atoms with van der Waals surface area (Å²) in [6.45, 7) is 3.49. The van der Waals surface area contributed by atoms with Crippen LogP contribution < -0.4 is 10.6 Å². The van der Waals surface area contributed by atoms with Crippen LogP contribution in [0.4, 0.5) is 0 Å². The van der Waals surface area contributed by atoms with Gasteiger partial charge in [0.1, 0.15) is 0 Å². The zero-order valence-corrected chi connectivity index (χ0v) is 12.9. The van der Waals surface area contributed by atoms with Crippen molar-refractivity contribution in [2.24, 2.45) is 13.0 Å². The minimum atomic E-state index is -0.0664. The number of carbonyl (C=O) groups is 1. The smallest absolute Gasteiger partial charge is 0.225 e. The lowest BCUT2D eigenvalue weighted by molar-refractivity contribution is -0.125. The topological polar surface area (TPSA) is 71.8 Å². The van der Waals surface area contributed by atoms with E-state index >= 15 is 0 Å². The molecule has 0 spiro atoms. The lowest BCUT2D eigenvalue weighted by Crippen LogP contribution is -2.36. The van der Waals surface area contributed by atoms with Gasteiger partial charge in [-0.1, -0.05) is 6.07 Å². The van der Waals surface area contributed by atoms with E-state index in [-0.39, 0.29) is 23.8 Å². The van der Waals surface area contributed by atoms with E-state index in [9.17, 15) is 4.79 Å². The van der Waals surface area contributed by atoms with E-state index in [1.54, 1.807) is 17.1 Å². The molecule has 3 atom stereocenters. The van der Waals surface area contributed by atoms with E-state index in [0.29, 0.717) is 6.54 Å². The number of hydrogen-bond donors (Lipinski definition) is 2. The Bertz CT molecular complexity index is 639. The molecule has 2 aromatic heterocycles. The largest absolute Gasteiger partial charge is 0.349 e. The molecule has 2 N–H and O–H groups in total. The second-order valence-electron chi connectivity index (χ2n) is 5.84. The highest BCUT2D eigenvalue weighted by Crippen LogP contribution is 2.28. The number of pyridine rings is 1. The summed E-state index contributed by atoms with van der Waals surface area (Å²) < 4.78 is 1.78. The van der Waals surface area contributed by atoms with E-state index in [4.69, 9.17) is 0 Å². The summed E-state index contributed by atoms with van der Waals surface area (Å²) in [5, 5.41) is 10.6. The molecule has 1 saturated heterocycles. The second kappa shape index (κ2) is 6.27. The van der Waals surface area contributed by atoms with Gasteiger partial charge in [0.2, 0.25) is 5.91 Å². The standard InChI is InChI=1S/C16H21N5O/c1-11(12-4-3-5-17-6-12)20-16(22)15-9-18-8-14(15)13-7-19-21(2)10-13/h3-7,10-11,14-15,18H,8-9H2,1-2H3,(H,20,22)/t11-,14+,15-/m0/s1. The average Bonchev–Trinajstić information content (AvgIpc) is 3.16. The summed E-state index contributed by atoms with van der Waals surface area (Å²) >= 11 is 0. The second-order valence-corrected chi connectivity index (χ2v) is 5.84. The van der Waals surface area contributed by atoms with Gasteiger partial charge >= 0.3 is 0 Å². The monoisotopic (exact) mass is 299 g/mol. The molecular weight excluding hydrogens is 278 g/mol. The predicted octanol–water partition coefficient (Wildman–Crippen LogP) is 0.995. The normalized spacial score (nSPS) is 22.5. The van der Waals surface area contributed by atoms with Crippen molar-refractivity contribution < 1.29 is 4.79 Å². The fourth-order valence-corrected chi connectivity index (χ4v) is 2.97. The van der Waals surface area contributed by atoms with Crippen LogP contribution in [0.5, 0.6) is 0 Å². The van der Waals surface area contributed by atoms with Crippen molar-refractivity contribution in [3.8, 4) is 0 Å². The van der Waals surface area contributed by atoms with Crippen molar-refractivity contribution in [1.82, 2.24) is 25.4 Å². The summed E-state index contributed by atoms with van der Waals surface area (Å²) in [4.78, 5) is 16.7. The first kappa shape index (κ1) is 14.7. The minimum Gasteiger partial charge on any atom is -0.349 e. The SMILES string of the molecule is C[C@H](NC(=O)[C@H]1CNC[C@@H]1c1cnn(C)c1)c1cccnc1. The lowest BCUT2D eigenvalue weighted by Gasteiger charge is -2.20. The van der Waals surface area contributed by atoms with Crippen LogP contribution in [-0.4, -0.2) is 33.8 Å². The molecule has 1 fully saturated rings. The first-order valence-electron chi connectivity index (χ1n) is 7.54. The molecule has 3 rings (SSSR count). The number of amides is 1. The summed E-state index contributed by atoms with van der Waals surface area (Å²) in [6, 6.07) is 3.81. The van der Waals surface area contributed by atoms with Crippen LogP contribution in [0.3, 0.4) is 0 Å². The van der Waals surface area contributed by atoms with E-state index in [1.165, 1.54) is 0 Å². The summed E-state index contributed by atoms with van der Waals surface area (Å²) in [6.07, 6.45) is 7.36. The Balaban J connectivity index is 1.69. The fourth-order valence-electron chi connectivity index (χ4n) is 2.97. The zero-order chi connectivity index (χ0) is 15.5. The molecular formula is C16H21N5O. The van der Waals surface area contributed by atoms with Gasteiger partial charge in [0.05, 0.1) is 18.2 Å². The van der Waals surface area contributed by atoms with Crippen LogP contribution in [0.15, 0.2) is 36.9 Å². The Labute approximate surface area is 129 Å². The minimum absolute atomic E-state index is 0.0450. The van der Waals surface area contributed by atoms with Crippen molar-refractivity contribution in [1.29, 1.82) is 0 Å². The molecule has 6 nitrogen and oxygen atoms in total. The van der Waals surface area contributed by atoms with Gasteiger partial charge < -0.3 is 10.6 Å². The van der Waals surface area contributed by atoms with Crippen molar-refractivity contribution in [3.05, 3.63) is 48.0 Å². The quantitative estimate of drug-likeness (QED) is 0.883. The highest BCUT2D eigenvalue weighted by atomic mass is 16.2. The third-order valence-corrected chi connectivity index (χ3v) is 4.25. The Kier molecular flexibility index (Phi) is 4.20. The van der Waals surface area contributed by atoms with Crippen LogP contribution >= 0.6 is 0 Å². The molecule has 3 heterocycles. The van der Waals surface area contributed by atoms with E-state index < -0.39 is 0 Å².